The third-order valence-corrected chi connectivity index (χ3v) is 3.26. The second-order valence-corrected chi connectivity index (χ2v) is 4.85. The minimum atomic E-state index is 0.654. The van der Waals surface area contributed by atoms with Gasteiger partial charge in [0.2, 0.25) is 0 Å². The highest BCUT2D eigenvalue weighted by atomic mass is 79.9. The van der Waals surface area contributed by atoms with Crippen LogP contribution >= 0.6 is 15.9 Å². The van der Waals surface area contributed by atoms with Gasteiger partial charge in [-0.05, 0) is 28.1 Å². The normalized spacial score (nSPS) is 16.6. The first-order chi connectivity index (χ1) is 9.28. The van der Waals surface area contributed by atoms with Crippen LogP contribution in [0.25, 0.3) is 5.70 Å². The van der Waals surface area contributed by atoms with E-state index < -0.39 is 0 Å². The van der Waals surface area contributed by atoms with Crippen LogP contribution < -0.4 is 5.32 Å². The monoisotopic (exact) mass is 312 g/mol. The van der Waals surface area contributed by atoms with Crippen LogP contribution in [0.15, 0.2) is 58.2 Å². The number of allylic oxidation sites excluding steroid dienone is 1. The van der Waals surface area contributed by atoms with Crippen molar-refractivity contribution < 1.29 is 0 Å². The van der Waals surface area contributed by atoms with Crippen LogP contribution in [0.5, 0.6) is 0 Å². The molecule has 0 unspecified atom stereocenters. The van der Waals surface area contributed by atoms with Gasteiger partial charge in [-0.15, -0.1) is 0 Å². The second kappa shape index (κ2) is 4.75. The van der Waals surface area contributed by atoms with Crippen molar-refractivity contribution in [2.45, 2.75) is 0 Å². The minimum Gasteiger partial charge on any atom is -0.364 e. The van der Waals surface area contributed by atoms with Crippen molar-refractivity contribution in [2.75, 3.05) is 0 Å². The Labute approximate surface area is 119 Å². The minimum absolute atomic E-state index is 0.654. The molecule has 3 rings (SSSR count). The zero-order valence-electron chi connectivity index (χ0n) is 9.84. The maximum Gasteiger partial charge on any atom is 0.122 e. The van der Waals surface area contributed by atoms with E-state index in [0.29, 0.717) is 5.56 Å². The zero-order valence-corrected chi connectivity index (χ0v) is 11.4. The first-order valence-corrected chi connectivity index (χ1v) is 6.45. The van der Waals surface area contributed by atoms with Gasteiger partial charge in [0, 0.05) is 24.2 Å². The fourth-order valence-corrected chi connectivity index (χ4v) is 2.24. The number of nitrogens with one attached hydrogen (secondary N) is 1. The summed E-state index contributed by atoms with van der Waals surface area (Å²) in [5.41, 5.74) is 3.65. The zero-order chi connectivity index (χ0) is 13.2. The standard InChI is InChI=1S/C14H9BrN4/c15-14-9-19-12(7-18-14)6-17-8-13(19)11-3-1-10(5-16)2-4-11/h1-4,6-9,17H. The van der Waals surface area contributed by atoms with E-state index in [1.165, 1.54) is 0 Å². The van der Waals surface area contributed by atoms with E-state index in [0.717, 1.165) is 21.6 Å². The summed E-state index contributed by atoms with van der Waals surface area (Å²) in [5, 5.41) is 11.9. The Hall–Kier alpha value is -2.32. The quantitative estimate of drug-likeness (QED) is 0.811. The smallest absolute Gasteiger partial charge is 0.122 e. The number of rotatable bonds is 1. The van der Waals surface area contributed by atoms with E-state index in [9.17, 15) is 0 Å². The molecule has 2 aliphatic heterocycles. The topological polar surface area (TPSA) is 51.4 Å². The average Bonchev–Trinajstić information content (AvgIpc) is 2.47. The Kier molecular flexibility index (Phi) is 2.94. The van der Waals surface area contributed by atoms with Crippen LogP contribution in [0.2, 0.25) is 0 Å². The van der Waals surface area contributed by atoms with E-state index >= 15 is 0 Å². The van der Waals surface area contributed by atoms with E-state index in [-0.39, 0.29) is 0 Å². The molecule has 1 aromatic carbocycles. The number of benzene rings is 1. The summed E-state index contributed by atoms with van der Waals surface area (Å²) in [6.07, 6.45) is 7.50. The number of halogens is 1. The van der Waals surface area contributed by atoms with Crippen molar-refractivity contribution >= 4 is 27.8 Å². The molecule has 0 spiro atoms. The van der Waals surface area contributed by atoms with Gasteiger partial charge in [0.1, 0.15) is 4.61 Å². The third-order valence-electron chi connectivity index (χ3n) is 2.85. The van der Waals surface area contributed by atoms with Crippen molar-refractivity contribution in [3.63, 3.8) is 0 Å². The third kappa shape index (κ3) is 2.18. The molecule has 0 aromatic heterocycles. The van der Waals surface area contributed by atoms with Gasteiger partial charge < -0.3 is 10.2 Å². The van der Waals surface area contributed by atoms with Crippen molar-refractivity contribution in [1.82, 2.24) is 10.2 Å². The molecular formula is C14H9BrN4. The van der Waals surface area contributed by atoms with Crippen LogP contribution in [0, 0.1) is 11.3 Å². The number of nitrogens with zero attached hydrogens (tertiary/aromatic N) is 3. The molecule has 0 aliphatic carbocycles. The van der Waals surface area contributed by atoms with Gasteiger partial charge in [0.25, 0.3) is 0 Å². The number of nitriles is 1. The molecule has 0 saturated carbocycles. The lowest BCUT2D eigenvalue weighted by molar-refractivity contribution is 0.661. The Morgan fingerprint density at radius 1 is 1.21 bits per heavy atom. The molecule has 2 aliphatic rings. The molecule has 0 radical (unpaired) electrons. The summed E-state index contributed by atoms with van der Waals surface area (Å²) < 4.78 is 0.770. The first kappa shape index (κ1) is 11.8. The highest BCUT2D eigenvalue weighted by Crippen LogP contribution is 2.29. The largest absolute Gasteiger partial charge is 0.364 e. The fourth-order valence-electron chi connectivity index (χ4n) is 1.93. The van der Waals surface area contributed by atoms with E-state index in [1.807, 2.05) is 47.8 Å². The molecule has 92 valence electrons. The predicted octanol–water partition coefficient (Wildman–Crippen LogP) is 2.88. The van der Waals surface area contributed by atoms with Crippen LogP contribution in [0.4, 0.5) is 0 Å². The summed E-state index contributed by atoms with van der Waals surface area (Å²) in [6, 6.07) is 9.61. The Bertz CT molecular complexity index is 674. The molecule has 0 saturated heterocycles. The molecule has 0 amide bonds. The summed E-state index contributed by atoms with van der Waals surface area (Å²) in [6.45, 7) is 0. The Morgan fingerprint density at radius 2 is 2.00 bits per heavy atom. The number of aliphatic imine (C=N–C) groups is 1. The average molecular weight is 313 g/mol. The van der Waals surface area contributed by atoms with Crippen molar-refractivity contribution in [1.29, 1.82) is 5.26 Å². The molecule has 0 bridgehead atoms. The molecular weight excluding hydrogens is 304 g/mol. The Morgan fingerprint density at radius 3 is 2.74 bits per heavy atom. The maximum atomic E-state index is 8.83. The highest BCUT2D eigenvalue weighted by molar-refractivity contribution is 9.11. The summed E-state index contributed by atoms with van der Waals surface area (Å²) in [5.74, 6) is 0. The van der Waals surface area contributed by atoms with Gasteiger partial charge in [0.15, 0.2) is 0 Å². The van der Waals surface area contributed by atoms with Crippen LogP contribution in [0.3, 0.4) is 0 Å². The molecule has 19 heavy (non-hydrogen) atoms. The molecule has 1 aromatic rings. The van der Waals surface area contributed by atoms with E-state index in [1.54, 1.807) is 6.21 Å². The number of fused-ring (bicyclic) bond motifs is 1. The van der Waals surface area contributed by atoms with Gasteiger partial charge in [-0.2, -0.15) is 5.26 Å². The Balaban J connectivity index is 1.98. The van der Waals surface area contributed by atoms with Gasteiger partial charge in [0.05, 0.1) is 29.2 Å². The van der Waals surface area contributed by atoms with Gasteiger partial charge in [-0.3, -0.25) is 0 Å². The lowest BCUT2D eigenvalue weighted by Gasteiger charge is -2.29. The SMILES string of the molecule is N#Cc1ccc(C2=CNC=C3C=NC(Br)=CN32)cc1. The first-order valence-electron chi connectivity index (χ1n) is 5.65. The van der Waals surface area contributed by atoms with Crippen LogP contribution in [-0.2, 0) is 0 Å². The van der Waals surface area contributed by atoms with Crippen molar-refractivity contribution in [2.24, 2.45) is 4.99 Å². The van der Waals surface area contributed by atoms with Crippen molar-refractivity contribution in [3.05, 3.63) is 64.3 Å². The van der Waals surface area contributed by atoms with Gasteiger partial charge >= 0.3 is 0 Å². The molecule has 5 heteroatoms. The summed E-state index contributed by atoms with van der Waals surface area (Å²) >= 11 is 3.38. The predicted molar refractivity (Wildman–Crippen MR) is 77.7 cm³/mol. The molecule has 0 atom stereocenters. The fraction of sp³-hybridized carbons (Fsp3) is 0. The number of hydrogen-bond donors (Lipinski definition) is 1. The summed E-state index contributed by atoms with van der Waals surface area (Å²) in [4.78, 5) is 6.24. The molecule has 1 N–H and O–H groups in total. The van der Waals surface area contributed by atoms with Crippen molar-refractivity contribution in [3.8, 4) is 6.07 Å². The molecule has 0 fully saturated rings. The summed E-state index contributed by atoms with van der Waals surface area (Å²) in [7, 11) is 0. The second-order valence-electron chi connectivity index (χ2n) is 4.03. The maximum absolute atomic E-state index is 8.83. The van der Waals surface area contributed by atoms with E-state index in [2.05, 4.69) is 32.3 Å². The number of hydrogen-bond acceptors (Lipinski definition) is 4. The van der Waals surface area contributed by atoms with E-state index in [4.69, 9.17) is 5.26 Å². The highest BCUT2D eigenvalue weighted by Gasteiger charge is 2.19. The lowest BCUT2D eigenvalue weighted by atomic mass is 10.1. The van der Waals surface area contributed by atoms with Crippen LogP contribution in [-0.4, -0.2) is 11.1 Å². The lowest BCUT2D eigenvalue weighted by Crippen LogP contribution is -2.25. The molecule has 2 heterocycles. The molecule has 4 nitrogen and oxygen atoms in total. The van der Waals surface area contributed by atoms with Gasteiger partial charge in [-0.1, -0.05) is 12.1 Å². The van der Waals surface area contributed by atoms with Crippen LogP contribution in [0.1, 0.15) is 11.1 Å². The van der Waals surface area contributed by atoms with Gasteiger partial charge in [-0.25, -0.2) is 4.99 Å².